The molecule has 2 amide bonds. The number of aryl methyl sites for hydroxylation is 1. The van der Waals surface area contributed by atoms with E-state index in [0.717, 1.165) is 16.4 Å². The fraction of sp³-hybridized carbons (Fsp3) is 0.375. The van der Waals surface area contributed by atoms with E-state index in [1.54, 1.807) is 0 Å². The summed E-state index contributed by atoms with van der Waals surface area (Å²) in [7, 11) is 0. The second kappa shape index (κ2) is 7.83. The molecule has 1 atom stereocenters. The van der Waals surface area contributed by atoms with Gasteiger partial charge < -0.3 is 10.0 Å². The van der Waals surface area contributed by atoms with E-state index < -0.39 is 11.9 Å². The molecule has 0 radical (unpaired) electrons. The Labute approximate surface area is 153 Å². The molecule has 1 unspecified atom stereocenters. The minimum Gasteiger partial charge on any atom is -0.481 e. The maximum absolute atomic E-state index is 12.3. The number of anilines is 1. The maximum Gasteiger partial charge on any atom is 0.323 e. The fourth-order valence-corrected chi connectivity index (χ4v) is 3.95. The normalized spacial score (nSPS) is 17.3. The number of likely N-dealkylation sites (tertiary alicyclic amines) is 1. The highest BCUT2D eigenvalue weighted by molar-refractivity contribution is 7.99. The molecule has 0 bridgehead atoms. The van der Waals surface area contributed by atoms with Crippen LogP contribution in [0.4, 0.5) is 9.93 Å². The molecule has 9 heteroatoms. The van der Waals surface area contributed by atoms with E-state index >= 15 is 0 Å². The van der Waals surface area contributed by atoms with Gasteiger partial charge in [0.05, 0.1) is 5.92 Å². The number of benzene rings is 1. The lowest BCUT2D eigenvalue weighted by molar-refractivity contribution is -0.143. The number of urea groups is 1. The molecule has 2 N–H and O–H groups in total. The van der Waals surface area contributed by atoms with Crippen molar-refractivity contribution in [3.63, 3.8) is 0 Å². The number of rotatable bonds is 4. The summed E-state index contributed by atoms with van der Waals surface area (Å²) in [6, 6.07) is 7.71. The first-order chi connectivity index (χ1) is 12.0. The molecule has 7 nitrogen and oxygen atoms in total. The van der Waals surface area contributed by atoms with Gasteiger partial charge in [-0.15, -0.1) is 0 Å². The van der Waals surface area contributed by atoms with E-state index in [1.165, 1.54) is 22.2 Å². The van der Waals surface area contributed by atoms with E-state index in [1.807, 2.05) is 31.2 Å². The molecule has 2 aromatic rings. The minimum atomic E-state index is -0.856. The minimum absolute atomic E-state index is 0.227. The molecule has 1 aliphatic rings. The molecule has 1 saturated heterocycles. The molecule has 1 aliphatic heterocycles. The van der Waals surface area contributed by atoms with Crippen molar-refractivity contribution in [1.82, 2.24) is 14.3 Å². The van der Waals surface area contributed by atoms with Crippen molar-refractivity contribution in [2.75, 3.05) is 18.4 Å². The SMILES string of the molecule is Cc1ccc(Sc2nsc(NC(=O)N3CCCC(C(=O)O)C3)n2)cc1. The highest BCUT2D eigenvalue weighted by Gasteiger charge is 2.28. The van der Waals surface area contributed by atoms with Crippen LogP contribution < -0.4 is 5.32 Å². The molecule has 0 aliphatic carbocycles. The smallest absolute Gasteiger partial charge is 0.323 e. The number of hydrogen-bond donors (Lipinski definition) is 2. The molecule has 132 valence electrons. The summed E-state index contributed by atoms with van der Waals surface area (Å²) in [5, 5.41) is 12.8. The molecular weight excluding hydrogens is 360 g/mol. The number of carbonyl (C=O) groups is 2. The van der Waals surface area contributed by atoms with E-state index in [2.05, 4.69) is 14.7 Å². The molecular formula is C16H18N4O3S2. The number of amides is 2. The van der Waals surface area contributed by atoms with Gasteiger partial charge in [-0.3, -0.25) is 10.1 Å². The maximum atomic E-state index is 12.3. The van der Waals surface area contributed by atoms with Crippen LogP contribution in [0.1, 0.15) is 18.4 Å². The molecule has 1 aromatic carbocycles. The largest absolute Gasteiger partial charge is 0.481 e. The van der Waals surface area contributed by atoms with Crippen LogP contribution in [0.3, 0.4) is 0 Å². The van der Waals surface area contributed by atoms with E-state index in [-0.39, 0.29) is 12.6 Å². The number of hydrogen-bond acceptors (Lipinski definition) is 6. The summed E-state index contributed by atoms with van der Waals surface area (Å²) < 4.78 is 4.24. The standard InChI is InChI=1S/C16H18N4O3S2/c1-10-4-6-12(7-5-10)24-15-17-14(25-19-15)18-16(23)20-8-2-3-11(9-20)13(21)22/h4-7,11H,2-3,8-9H2,1H3,(H,21,22)(H,17,18,19,23). The Morgan fingerprint density at radius 3 is 2.84 bits per heavy atom. The Bertz CT molecular complexity index is 763. The Kier molecular flexibility index (Phi) is 5.54. The number of piperidine rings is 1. The van der Waals surface area contributed by atoms with Crippen molar-refractivity contribution in [2.45, 2.75) is 29.8 Å². The lowest BCUT2D eigenvalue weighted by Gasteiger charge is -2.30. The predicted molar refractivity (Wildman–Crippen MR) is 96.2 cm³/mol. The van der Waals surface area contributed by atoms with Crippen molar-refractivity contribution in [2.24, 2.45) is 5.92 Å². The van der Waals surface area contributed by atoms with Crippen LogP contribution in [0.2, 0.25) is 0 Å². The number of aromatic nitrogens is 2. The van der Waals surface area contributed by atoms with Crippen LogP contribution in [-0.2, 0) is 4.79 Å². The van der Waals surface area contributed by atoms with Crippen molar-refractivity contribution in [1.29, 1.82) is 0 Å². The summed E-state index contributed by atoms with van der Waals surface area (Å²) in [5.41, 5.74) is 1.18. The van der Waals surface area contributed by atoms with Crippen LogP contribution in [0, 0.1) is 12.8 Å². The lowest BCUT2D eigenvalue weighted by Crippen LogP contribution is -2.44. The monoisotopic (exact) mass is 378 g/mol. The lowest BCUT2D eigenvalue weighted by atomic mass is 9.99. The van der Waals surface area contributed by atoms with E-state index in [0.29, 0.717) is 29.7 Å². The summed E-state index contributed by atoms with van der Waals surface area (Å²) in [6.07, 6.45) is 1.30. The highest BCUT2D eigenvalue weighted by atomic mass is 32.2. The Morgan fingerprint density at radius 1 is 1.36 bits per heavy atom. The third kappa shape index (κ3) is 4.70. The Morgan fingerprint density at radius 2 is 2.12 bits per heavy atom. The van der Waals surface area contributed by atoms with Crippen LogP contribution in [0.25, 0.3) is 0 Å². The summed E-state index contributed by atoms with van der Waals surface area (Å²) in [5.74, 6) is -1.35. The van der Waals surface area contributed by atoms with Crippen molar-refractivity contribution < 1.29 is 14.7 Å². The average Bonchev–Trinajstić information content (AvgIpc) is 3.04. The zero-order valence-corrected chi connectivity index (χ0v) is 15.3. The number of carboxylic acid groups (broad SMARTS) is 1. The third-order valence-corrected chi connectivity index (χ3v) is 5.53. The first kappa shape index (κ1) is 17.7. The number of nitrogens with one attached hydrogen (secondary N) is 1. The molecule has 0 spiro atoms. The topological polar surface area (TPSA) is 95.4 Å². The van der Waals surface area contributed by atoms with E-state index in [4.69, 9.17) is 5.11 Å². The predicted octanol–water partition coefficient (Wildman–Crippen LogP) is 3.33. The Hall–Kier alpha value is -2.13. The number of carboxylic acids is 1. The average molecular weight is 378 g/mol. The van der Waals surface area contributed by atoms with Crippen LogP contribution in [0.5, 0.6) is 0 Å². The quantitative estimate of drug-likeness (QED) is 0.847. The van der Waals surface area contributed by atoms with Gasteiger partial charge in [-0.2, -0.15) is 9.36 Å². The zero-order chi connectivity index (χ0) is 17.8. The molecule has 1 fully saturated rings. The first-order valence-corrected chi connectivity index (χ1v) is 9.47. The molecule has 0 saturated carbocycles. The Balaban J connectivity index is 1.58. The number of nitrogens with zero attached hydrogens (tertiary/aromatic N) is 3. The number of aliphatic carboxylic acids is 1. The molecule has 3 rings (SSSR count). The van der Waals surface area contributed by atoms with Gasteiger partial charge in [0.25, 0.3) is 0 Å². The summed E-state index contributed by atoms with van der Waals surface area (Å²) in [6.45, 7) is 2.81. The second-order valence-electron chi connectivity index (χ2n) is 5.85. The van der Waals surface area contributed by atoms with Gasteiger partial charge in [0.15, 0.2) is 0 Å². The van der Waals surface area contributed by atoms with Crippen LogP contribution in [0.15, 0.2) is 34.3 Å². The van der Waals surface area contributed by atoms with Gasteiger partial charge >= 0.3 is 12.0 Å². The molecule has 1 aromatic heterocycles. The van der Waals surface area contributed by atoms with Gasteiger partial charge in [-0.05, 0) is 43.7 Å². The summed E-state index contributed by atoms with van der Waals surface area (Å²) >= 11 is 2.54. The fourth-order valence-electron chi connectivity index (χ4n) is 2.55. The van der Waals surface area contributed by atoms with Gasteiger partial charge in [0.2, 0.25) is 10.3 Å². The van der Waals surface area contributed by atoms with Gasteiger partial charge in [0, 0.05) is 29.5 Å². The highest BCUT2D eigenvalue weighted by Crippen LogP contribution is 2.28. The first-order valence-electron chi connectivity index (χ1n) is 7.88. The van der Waals surface area contributed by atoms with E-state index in [9.17, 15) is 9.59 Å². The summed E-state index contributed by atoms with van der Waals surface area (Å²) in [4.78, 5) is 30.3. The van der Waals surface area contributed by atoms with Crippen molar-refractivity contribution in [3.05, 3.63) is 29.8 Å². The van der Waals surface area contributed by atoms with Crippen molar-refractivity contribution >= 4 is 40.4 Å². The van der Waals surface area contributed by atoms with Gasteiger partial charge in [-0.25, -0.2) is 4.79 Å². The molecule has 2 heterocycles. The molecule has 25 heavy (non-hydrogen) atoms. The second-order valence-corrected chi connectivity index (χ2v) is 7.64. The zero-order valence-electron chi connectivity index (χ0n) is 13.6. The van der Waals surface area contributed by atoms with Crippen LogP contribution in [-0.4, -0.2) is 44.5 Å². The third-order valence-electron chi connectivity index (χ3n) is 3.91. The van der Waals surface area contributed by atoms with Gasteiger partial charge in [0.1, 0.15) is 0 Å². The number of carbonyl (C=O) groups excluding carboxylic acids is 1. The van der Waals surface area contributed by atoms with Crippen molar-refractivity contribution in [3.8, 4) is 0 Å². The van der Waals surface area contributed by atoms with Gasteiger partial charge in [-0.1, -0.05) is 17.7 Å². The van der Waals surface area contributed by atoms with Crippen LogP contribution >= 0.6 is 23.3 Å².